The summed E-state index contributed by atoms with van der Waals surface area (Å²) < 4.78 is 11.4. The highest BCUT2D eigenvalue weighted by Crippen LogP contribution is 2.26. The lowest BCUT2D eigenvalue weighted by atomic mass is 9.97. The zero-order valence-corrected chi connectivity index (χ0v) is 18.9. The van der Waals surface area contributed by atoms with E-state index in [1.165, 1.54) is 32.5 Å². The van der Waals surface area contributed by atoms with E-state index >= 15 is 0 Å². The average Bonchev–Trinajstić information content (AvgIpc) is 2.70. The van der Waals surface area contributed by atoms with Crippen LogP contribution in [-0.4, -0.2) is 63.3 Å². The van der Waals surface area contributed by atoms with Gasteiger partial charge in [0.15, 0.2) is 17.5 Å². The number of nitrogens with zero attached hydrogens (tertiary/aromatic N) is 2. The predicted molar refractivity (Wildman–Crippen MR) is 121 cm³/mol. The maximum absolute atomic E-state index is 6.02. The lowest BCUT2D eigenvalue weighted by molar-refractivity contribution is 0.159. The highest BCUT2D eigenvalue weighted by molar-refractivity contribution is 5.79. The van der Waals surface area contributed by atoms with Gasteiger partial charge in [0.25, 0.3) is 0 Å². The third-order valence-corrected chi connectivity index (χ3v) is 5.03. The maximum Gasteiger partial charge on any atom is 0.191 e. The van der Waals surface area contributed by atoms with Gasteiger partial charge in [-0.05, 0) is 57.2 Å². The van der Waals surface area contributed by atoms with Crippen molar-refractivity contribution >= 4 is 5.96 Å². The molecule has 1 heterocycles. The Kier molecular flexibility index (Phi) is 10.1. The van der Waals surface area contributed by atoms with Crippen LogP contribution in [0.25, 0.3) is 0 Å². The molecule has 1 aromatic rings. The molecule has 2 unspecified atom stereocenters. The molecule has 2 rings (SSSR count). The Morgan fingerprint density at radius 3 is 2.66 bits per heavy atom. The van der Waals surface area contributed by atoms with Gasteiger partial charge in [0.1, 0.15) is 6.10 Å². The van der Waals surface area contributed by atoms with Gasteiger partial charge in [-0.25, -0.2) is 4.99 Å². The first-order valence-corrected chi connectivity index (χ1v) is 11.1. The van der Waals surface area contributed by atoms with Crippen molar-refractivity contribution in [1.29, 1.82) is 0 Å². The third-order valence-electron chi connectivity index (χ3n) is 5.03. The van der Waals surface area contributed by atoms with Gasteiger partial charge < -0.3 is 25.0 Å². The summed E-state index contributed by atoms with van der Waals surface area (Å²) in [6.07, 6.45) is 2.53. The number of rotatable bonds is 10. The van der Waals surface area contributed by atoms with Crippen LogP contribution in [0.4, 0.5) is 0 Å². The second-order valence-corrected chi connectivity index (χ2v) is 8.34. The Morgan fingerprint density at radius 2 is 1.97 bits per heavy atom. The molecule has 0 aromatic heterocycles. The monoisotopic (exact) mass is 404 g/mol. The average molecular weight is 405 g/mol. The Labute approximate surface area is 177 Å². The zero-order valence-electron chi connectivity index (χ0n) is 18.9. The van der Waals surface area contributed by atoms with E-state index < -0.39 is 0 Å². The first-order chi connectivity index (χ1) is 14.0. The van der Waals surface area contributed by atoms with Crippen LogP contribution in [0, 0.1) is 11.8 Å². The van der Waals surface area contributed by atoms with Crippen molar-refractivity contribution in [2.75, 3.05) is 46.4 Å². The summed E-state index contributed by atoms with van der Waals surface area (Å²) in [5.41, 5.74) is 0. The van der Waals surface area contributed by atoms with E-state index in [2.05, 4.69) is 36.3 Å². The lowest BCUT2D eigenvalue weighted by Crippen LogP contribution is -2.45. The molecule has 1 aliphatic rings. The Hall–Kier alpha value is -1.95. The molecular formula is C23H40N4O2. The topological polar surface area (TPSA) is 58.1 Å². The minimum absolute atomic E-state index is 0.0435. The highest BCUT2D eigenvalue weighted by Gasteiger charge is 2.20. The minimum atomic E-state index is -0.0435. The van der Waals surface area contributed by atoms with Crippen LogP contribution < -0.4 is 20.1 Å². The van der Waals surface area contributed by atoms with Crippen molar-refractivity contribution in [3.8, 4) is 11.5 Å². The standard InChI is InChI=1S/C23H40N4O2/c1-6-24-23(26-15-20-10-9-13-27(17-20)16-18(2)3)25-14-19(4)29-22-12-8-7-11-21(22)28-5/h7-8,11-12,18-20H,6,9-10,13-17H2,1-5H3,(H2,24,25,26). The molecule has 0 radical (unpaired) electrons. The van der Waals surface area contributed by atoms with E-state index in [1.54, 1.807) is 7.11 Å². The first kappa shape index (κ1) is 23.3. The number of methoxy groups -OCH3 is 1. The number of ether oxygens (including phenoxy) is 2. The summed E-state index contributed by atoms with van der Waals surface area (Å²) in [6.45, 7) is 14.7. The molecule has 1 fully saturated rings. The summed E-state index contributed by atoms with van der Waals surface area (Å²) in [7, 11) is 1.66. The van der Waals surface area contributed by atoms with Gasteiger partial charge in [-0.2, -0.15) is 0 Å². The zero-order chi connectivity index (χ0) is 21.1. The molecule has 1 saturated heterocycles. The number of hydrogen-bond acceptors (Lipinski definition) is 4. The van der Waals surface area contributed by atoms with Gasteiger partial charge in [-0.3, -0.25) is 0 Å². The molecular weight excluding hydrogens is 364 g/mol. The third kappa shape index (κ3) is 8.52. The largest absolute Gasteiger partial charge is 0.493 e. The number of para-hydroxylation sites is 2. The fraction of sp³-hybridized carbons (Fsp3) is 0.696. The molecule has 1 aromatic carbocycles. The number of hydrogen-bond donors (Lipinski definition) is 2. The maximum atomic E-state index is 6.02. The quantitative estimate of drug-likeness (QED) is 0.462. The van der Waals surface area contributed by atoms with Crippen molar-refractivity contribution in [3.05, 3.63) is 24.3 Å². The van der Waals surface area contributed by atoms with Crippen molar-refractivity contribution in [1.82, 2.24) is 15.5 Å². The summed E-state index contributed by atoms with van der Waals surface area (Å²) in [5, 5.41) is 6.89. The number of aliphatic imine (C=N–C) groups is 1. The summed E-state index contributed by atoms with van der Waals surface area (Å²) in [4.78, 5) is 7.34. The molecule has 1 aliphatic heterocycles. The predicted octanol–water partition coefficient (Wildman–Crippen LogP) is 3.39. The molecule has 0 amide bonds. The minimum Gasteiger partial charge on any atom is -0.493 e. The molecule has 0 bridgehead atoms. The van der Waals surface area contributed by atoms with Crippen molar-refractivity contribution in [2.45, 2.75) is 46.6 Å². The van der Waals surface area contributed by atoms with Gasteiger partial charge in [0.05, 0.1) is 13.7 Å². The van der Waals surface area contributed by atoms with Gasteiger partial charge in [-0.1, -0.05) is 26.0 Å². The molecule has 0 saturated carbocycles. The fourth-order valence-corrected chi connectivity index (χ4v) is 3.77. The van der Waals surface area contributed by atoms with E-state index in [4.69, 9.17) is 14.5 Å². The van der Waals surface area contributed by atoms with Gasteiger partial charge >= 0.3 is 0 Å². The highest BCUT2D eigenvalue weighted by atomic mass is 16.5. The molecule has 164 valence electrons. The summed E-state index contributed by atoms with van der Waals surface area (Å²) in [5.74, 6) is 3.77. The molecule has 6 nitrogen and oxygen atoms in total. The van der Waals surface area contributed by atoms with Crippen molar-refractivity contribution in [2.24, 2.45) is 16.8 Å². The van der Waals surface area contributed by atoms with Crippen LogP contribution in [0.1, 0.15) is 40.5 Å². The molecule has 0 spiro atoms. The fourth-order valence-electron chi connectivity index (χ4n) is 3.77. The number of likely N-dealkylation sites (tertiary alicyclic amines) is 1. The van der Waals surface area contributed by atoms with Crippen LogP contribution in [-0.2, 0) is 0 Å². The van der Waals surface area contributed by atoms with Crippen LogP contribution >= 0.6 is 0 Å². The van der Waals surface area contributed by atoms with Crippen LogP contribution in [0.3, 0.4) is 0 Å². The van der Waals surface area contributed by atoms with E-state index in [0.717, 1.165) is 36.5 Å². The van der Waals surface area contributed by atoms with Crippen LogP contribution in [0.2, 0.25) is 0 Å². The number of piperidine rings is 1. The van der Waals surface area contributed by atoms with Crippen molar-refractivity contribution in [3.63, 3.8) is 0 Å². The van der Waals surface area contributed by atoms with E-state index in [0.29, 0.717) is 12.5 Å². The second kappa shape index (κ2) is 12.6. The van der Waals surface area contributed by atoms with Gasteiger partial charge in [0.2, 0.25) is 0 Å². The van der Waals surface area contributed by atoms with E-state index in [1.807, 2.05) is 31.2 Å². The molecule has 6 heteroatoms. The molecule has 2 N–H and O–H groups in total. The summed E-state index contributed by atoms with van der Waals surface area (Å²) in [6, 6.07) is 7.72. The number of nitrogens with one attached hydrogen (secondary N) is 2. The Bertz CT molecular complexity index is 621. The van der Waals surface area contributed by atoms with E-state index in [9.17, 15) is 0 Å². The lowest BCUT2D eigenvalue weighted by Gasteiger charge is -2.34. The molecule has 0 aliphatic carbocycles. The van der Waals surface area contributed by atoms with E-state index in [-0.39, 0.29) is 6.10 Å². The van der Waals surface area contributed by atoms with Crippen LogP contribution in [0.5, 0.6) is 11.5 Å². The molecule has 29 heavy (non-hydrogen) atoms. The second-order valence-electron chi connectivity index (χ2n) is 8.34. The Balaban J connectivity index is 1.84. The van der Waals surface area contributed by atoms with Gasteiger partial charge in [-0.15, -0.1) is 0 Å². The molecule has 2 atom stereocenters. The number of benzene rings is 1. The smallest absolute Gasteiger partial charge is 0.191 e. The SMILES string of the molecule is CCNC(=NCC(C)Oc1ccccc1OC)NCC1CCCN(CC(C)C)C1. The normalized spacial score (nSPS) is 19.1. The Morgan fingerprint density at radius 1 is 1.21 bits per heavy atom. The van der Waals surface area contributed by atoms with Gasteiger partial charge in [0, 0.05) is 26.2 Å². The first-order valence-electron chi connectivity index (χ1n) is 11.1. The summed E-state index contributed by atoms with van der Waals surface area (Å²) >= 11 is 0. The van der Waals surface area contributed by atoms with Crippen molar-refractivity contribution < 1.29 is 9.47 Å². The number of guanidine groups is 1. The van der Waals surface area contributed by atoms with Crippen LogP contribution in [0.15, 0.2) is 29.3 Å².